The summed E-state index contributed by atoms with van der Waals surface area (Å²) in [5, 5.41) is 8.64. The molecule has 1 aliphatic heterocycles. The van der Waals surface area contributed by atoms with Gasteiger partial charge in [0.05, 0.1) is 50.7 Å². The lowest BCUT2D eigenvalue weighted by atomic mass is 10.2. The van der Waals surface area contributed by atoms with E-state index < -0.39 is 28.9 Å². The lowest BCUT2D eigenvalue weighted by Crippen LogP contribution is -2.49. The smallest absolute Gasteiger partial charge is 0.435 e. The second-order valence-electron chi connectivity index (χ2n) is 8.35. The van der Waals surface area contributed by atoms with Crippen molar-refractivity contribution < 1.29 is 27.4 Å². The summed E-state index contributed by atoms with van der Waals surface area (Å²) in [4.78, 5) is 32.7. The molecular weight excluding hydrogens is 483 g/mol. The van der Waals surface area contributed by atoms with Crippen LogP contribution in [0.15, 0.2) is 29.3 Å². The highest BCUT2D eigenvalue weighted by Gasteiger charge is 2.38. The summed E-state index contributed by atoms with van der Waals surface area (Å²) < 4.78 is 51.9. The molecular formula is C22H26F3N7O4. The highest BCUT2D eigenvalue weighted by molar-refractivity contribution is 5.80. The number of hydrogen-bond acceptors (Lipinski definition) is 8. The number of carbonyl (C=O) groups is 1. The van der Waals surface area contributed by atoms with Crippen molar-refractivity contribution in [2.45, 2.75) is 25.6 Å². The number of anilines is 1. The molecule has 1 N–H and O–H groups in total. The minimum Gasteiger partial charge on any atom is -0.495 e. The van der Waals surface area contributed by atoms with Crippen LogP contribution in [0.3, 0.4) is 0 Å². The molecule has 0 aromatic carbocycles. The van der Waals surface area contributed by atoms with Gasteiger partial charge in [0, 0.05) is 26.2 Å². The van der Waals surface area contributed by atoms with Crippen molar-refractivity contribution >= 4 is 22.6 Å². The molecule has 194 valence electrons. The van der Waals surface area contributed by atoms with Gasteiger partial charge in [-0.1, -0.05) is 0 Å². The molecule has 0 aliphatic carbocycles. The highest BCUT2D eigenvalue weighted by Crippen LogP contribution is 2.33. The molecule has 0 saturated carbocycles. The number of aromatic nitrogens is 5. The maximum absolute atomic E-state index is 13.4. The fourth-order valence-corrected chi connectivity index (χ4v) is 4.04. The zero-order chi connectivity index (χ0) is 25.9. The molecule has 4 rings (SSSR count). The van der Waals surface area contributed by atoms with Crippen molar-refractivity contribution in [3.8, 4) is 5.75 Å². The van der Waals surface area contributed by atoms with Crippen LogP contribution >= 0.6 is 0 Å². The Hall–Kier alpha value is -3.68. The third-order valence-corrected chi connectivity index (χ3v) is 5.95. The first-order chi connectivity index (χ1) is 17.2. The predicted molar refractivity (Wildman–Crippen MR) is 123 cm³/mol. The van der Waals surface area contributed by atoms with Gasteiger partial charge in [0.15, 0.2) is 5.69 Å². The molecule has 1 amide bonds. The number of methoxy groups -OCH3 is 1. The molecule has 14 heteroatoms. The van der Waals surface area contributed by atoms with Crippen LogP contribution in [0.25, 0.3) is 10.9 Å². The van der Waals surface area contributed by atoms with E-state index in [2.05, 4.69) is 20.1 Å². The lowest BCUT2D eigenvalue weighted by molar-refractivity contribution is -0.140. The Balaban J connectivity index is 1.27. The van der Waals surface area contributed by atoms with Crippen LogP contribution in [0.2, 0.25) is 0 Å². The number of pyridine rings is 1. The van der Waals surface area contributed by atoms with Gasteiger partial charge < -0.3 is 19.3 Å². The Labute approximate surface area is 203 Å². The van der Waals surface area contributed by atoms with Gasteiger partial charge in [-0.05, 0) is 19.1 Å². The Morgan fingerprint density at radius 2 is 1.94 bits per heavy atom. The van der Waals surface area contributed by atoms with Crippen LogP contribution in [0.4, 0.5) is 19.0 Å². The van der Waals surface area contributed by atoms with Crippen LogP contribution < -0.4 is 15.2 Å². The summed E-state index contributed by atoms with van der Waals surface area (Å²) in [6.45, 7) is 4.10. The minimum absolute atomic E-state index is 0.00503. The first kappa shape index (κ1) is 25.4. The summed E-state index contributed by atoms with van der Waals surface area (Å²) in [7, 11) is 1.58. The van der Waals surface area contributed by atoms with Gasteiger partial charge in [-0.15, -0.1) is 0 Å². The van der Waals surface area contributed by atoms with Gasteiger partial charge in [-0.2, -0.15) is 23.4 Å². The number of amides is 1. The average molecular weight is 509 g/mol. The summed E-state index contributed by atoms with van der Waals surface area (Å²) in [5.41, 5.74) is -2.28. The van der Waals surface area contributed by atoms with E-state index in [1.165, 1.54) is 0 Å². The van der Waals surface area contributed by atoms with Crippen LogP contribution in [-0.2, 0) is 15.7 Å². The van der Waals surface area contributed by atoms with Crippen LogP contribution in [-0.4, -0.2) is 82.3 Å². The van der Waals surface area contributed by atoms with Crippen molar-refractivity contribution in [3.05, 3.63) is 40.6 Å². The molecule has 1 fully saturated rings. The fourth-order valence-electron chi connectivity index (χ4n) is 4.04. The zero-order valence-corrected chi connectivity index (χ0v) is 19.8. The molecule has 4 heterocycles. The van der Waals surface area contributed by atoms with Crippen molar-refractivity contribution in [2.24, 2.45) is 0 Å². The van der Waals surface area contributed by atoms with Crippen LogP contribution in [0, 0.1) is 0 Å². The fraction of sp³-hybridized carbons (Fsp3) is 0.500. The van der Waals surface area contributed by atoms with Crippen LogP contribution in [0.1, 0.15) is 25.1 Å². The number of nitrogens with one attached hydrogen (secondary N) is 1. The molecule has 1 unspecified atom stereocenters. The zero-order valence-electron chi connectivity index (χ0n) is 19.8. The Kier molecular flexibility index (Phi) is 7.43. The number of piperazine rings is 1. The second-order valence-corrected chi connectivity index (χ2v) is 8.35. The summed E-state index contributed by atoms with van der Waals surface area (Å²) >= 11 is 0. The Morgan fingerprint density at radius 1 is 1.19 bits per heavy atom. The monoisotopic (exact) mass is 509 g/mol. The number of alkyl halides is 3. The van der Waals surface area contributed by atoms with Gasteiger partial charge in [0.2, 0.25) is 5.91 Å². The maximum Gasteiger partial charge on any atom is 0.435 e. The molecule has 36 heavy (non-hydrogen) atoms. The first-order valence-electron chi connectivity index (χ1n) is 11.3. The quantitative estimate of drug-likeness (QED) is 0.457. The van der Waals surface area contributed by atoms with Gasteiger partial charge in [-0.3, -0.25) is 14.3 Å². The normalized spacial score (nSPS) is 15.4. The van der Waals surface area contributed by atoms with Crippen molar-refractivity contribution in [2.75, 3.05) is 51.4 Å². The third kappa shape index (κ3) is 5.42. The number of fused-ring (bicyclic) bond motifs is 1. The molecule has 0 bridgehead atoms. The van der Waals surface area contributed by atoms with Gasteiger partial charge in [0.25, 0.3) is 5.56 Å². The molecule has 0 spiro atoms. The van der Waals surface area contributed by atoms with Gasteiger partial charge >= 0.3 is 6.18 Å². The summed E-state index contributed by atoms with van der Waals surface area (Å²) in [6.07, 6.45) is -1.88. The number of ether oxygens (including phenoxy) is 2. The van der Waals surface area contributed by atoms with E-state index in [9.17, 15) is 22.8 Å². The standard InChI is InChI=1S/C22H26F3N7O4/c1-14(32-16-12-27-28-21(34)19(16)20(29-32)22(23,24)25)13-36-10-5-18(33)31-8-6-30(7-9-31)17-4-3-15(35-2)11-26-17/h3-4,11-12,14H,5-10,13H2,1-2H3,(H,28,34). The molecule has 1 aliphatic rings. The second kappa shape index (κ2) is 10.5. The predicted octanol–water partition coefficient (Wildman–Crippen LogP) is 1.86. The van der Waals surface area contributed by atoms with Crippen LogP contribution in [0.5, 0.6) is 5.75 Å². The summed E-state index contributed by atoms with van der Waals surface area (Å²) in [5.74, 6) is 1.43. The highest BCUT2D eigenvalue weighted by atomic mass is 19.4. The number of nitrogens with zero attached hydrogens (tertiary/aromatic N) is 6. The molecule has 11 nitrogen and oxygen atoms in total. The Bertz CT molecular complexity index is 1250. The topological polar surface area (TPSA) is 118 Å². The number of rotatable bonds is 8. The minimum atomic E-state index is -4.79. The molecule has 0 radical (unpaired) electrons. The van der Waals surface area contributed by atoms with E-state index in [-0.39, 0.29) is 31.1 Å². The number of carbonyl (C=O) groups excluding carboxylic acids is 1. The van der Waals surface area contributed by atoms with Gasteiger partial charge in [0.1, 0.15) is 17.0 Å². The van der Waals surface area contributed by atoms with E-state index in [1.807, 2.05) is 17.2 Å². The van der Waals surface area contributed by atoms with E-state index in [1.54, 1.807) is 25.1 Å². The molecule has 3 aromatic rings. The van der Waals surface area contributed by atoms with Gasteiger partial charge in [-0.25, -0.2) is 10.1 Å². The van der Waals surface area contributed by atoms with E-state index in [0.29, 0.717) is 31.9 Å². The SMILES string of the molecule is COc1ccc(N2CCN(C(=O)CCOCC(C)n3nc(C(F)(F)F)c4c(=O)[nH]ncc43)CC2)nc1. The van der Waals surface area contributed by atoms with E-state index in [0.717, 1.165) is 16.7 Å². The third-order valence-electron chi connectivity index (χ3n) is 5.95. The number of aromatic amines is 1. The average Bonchev–Trinajstić information content (AvgIpc) is 3.28. The van der Waals surface area contributed by atoms with Crippen molar-refractivity contribution in [3.63, 3.8) is 0 Å². The van der Waals surface area contributed by atoms with Crippen molar-refractivity contribution in [1.29, 1.82) is 0 Å². The maximum atomic E-state index is 13.4. The van der Waals surface area contributed by atoms with E-state index >= 15 is 0 Å². The number of hydrogen-bond donors (Lipinski definition) is 1. The summed E-state index contributed by atoms with van der Waals surface area (Å²) in [6, 6.07) is 3.09. The molecule has 1 atom stereocenters. The van der Waals surface area contributed by atoms with E-state index in [4.69, 9.17) is 9.47 Å². The lowest BCUT2D eigenvalue weighted by Gasteiger charge is -2.35. The molecule has 3 aromatic heterocycles. The largest absolute Gasteiger partial charge is 0.495 e. The molecule has 1 saturated heterocycles. The Morgan fingerprint density at radius 3 is 2.58 bits per heavy atom. The van der Waals surface area contributed by atoms with Crippen molar-refractivity contribution in [1.82, 2.24) is 29.9 Å². The number of H-pyrrole nitrogens is 1. The number of halogens is 3. The first-order valence-corrected chi connectivity index (χ1v) is 11.3.